The summed E-state index contributed by atoms with van der Waals surface area (Å²) in [6.07, 6.45) is 3.61. The third-order valence-electron chi connectivity index (χ3n) is 4.05. The van der Waals surface area contributed by atoms with Gasteiger partial charge in [0.05, 0.1) is 13.2 Å². The maximum atomic E-state index is 9.36. The SMILES string of the molecule is COc1cc(CNC2CCCC2CO)ccc1OC(C)C. The van der Waals surface area contributed by atoms with Crippen molar-refractivity contribution in [3.05, 3.63) is 23.8 Å². The first kappa shape index (κ1) is 16.1. The van der Waals surface area contributed by atoms with Gasteiger partial charge in [0.15, 0.2) is 11.5 Å². The first-order valence-corrected chi connectivity index (χ1v) is 7.82. The zero-order valence-corrected chi connectivity index (χ0v) is 13.3. The fourth-order valence-electron chi connectivity index (χ4n) is 2.95. The molecule has 1 aliphatic rings. The van der Waals surface area contributed by atoms with Crippen LogP contribution >= 0.6 is 0 Å². The Kier molecular flexibility index (Phi) is 5.88. The summed E-state index contributed by atoms with van der Waals surface area (Å²) in [5.41, 5.74) is 1.17. The van der Waals surface area contributed by atoms with E-state index in [9.17, 15) is 5.11 Å². The van der Waals surface area contributed by atoms with Crippen molar-refractivity contribution in [3.8, 4) is 11.5 Å². The molecule has 4 heteroatoms. The Balaban J connectivity index is 1.97. The minimum atomic E-state index is 0.131. The van der Waals surface area contributed by atoms with Crippen LogP contribution in [0.2, 0.25) is 0 Å². The third kappa shape index (κ3) is 4.35. The van der Waals surface area contributed by atoms with Gasteiger partial charge in [-0.2, -0.15) is 0 Å². The number of hydrogen-bond acceptors (Lipinski definition) is 4. The fraction of sp³-hybridized carbons (Fsp3) is 0.647. The molecule has 1 aliphatic carbocycles. The maximum Gasteiger partial charge on any atom is 0.161 e. The minimum Gasteiger partial charge on any atom is -0.493 e. The summed E-state index contributed by atoms with van der Waals surface area (Å²) in [6.45, 7) is 5.08. The van der Waals surface area contributed by atoms with E-state index in [0.717, 1.165) is 30.9 Å². The van der Waals surface area contributed by atoms with Crippen LogP contribution in [0.4, 0.5) is 0 Å². The van der Waals surface area contributed by atoms with Gasteiger partial charge in [-0.25, -0.2) is 0 Å². The maximum absolute atomic E-state index is 9.36. The fourth-order valence-corrected chi connectivity index (χ4v) is 2.95. The molecule has 0 radical (unpaired) electrons. The third-order valence-corrected chi connectivity index (χ3v) is 4.05. The largest absolute Gasteiger partial charge is 0.493 e. The van der Waals surface area contributed by atoms with Gasteiger partial charge in [-0.3, -0.25) is 0 Å². The van der Waals surface area contributed by atoms with Gasteiger partial charge in [0.25, 0.3) is 0 Å². The highest BCUT2D eigenvalue weighted by atomic mass is 16.5. The molecular weight excluding hydrogens is 266 g/mol. The Hall–Kier alpha value is -1.26. The van der Waals surface area contributed by atoms with Crippen molar-refractivity contribution >= 4 is 0 Å². The number of aliphatic hydroxyl groups excluding tert-OH is 1. The summed E-state index contributed by atoms with van der Waals surface area (Å²) in [5.74, 6) is 1.95. The number of nitrogens with one attached hydrogen (secondary N) is 1. The molecule has 118 valence electrons. The van der Waals surface area contributed by atoms with E-state index in [1.54, 1.807) is 7.11 Å². The second kappa shape index (κ2) is 7.66. The van der Waals surface area contributed by atoms with Crippen molar-refractivity contribution < 1.29 is 14.6 Å². The van der Waals surface area contributed by atoms with E-state index in [1.807, 2.05) is 26.0 Å². The van der Waals surface area contributed by atoms with Crippen molar-refractivity contribution in [1.29, 1.82) is 0 Å². The molecule has 0 aromatic heterocycles. The van der Waals surface area contributed by atoms with E-state index in [-0.39, 0.29) is 12.7 Å². The van der Waals surface area contributed by atoms with Gasteiger partial charge in [0.2, 0.25) is 0 Å². The molecule has 1 aromatic rings. The van der Waals surface area contributed by atoms with Crippen LogP contribution in [0.15, 0.2) is 18.2 Å². The molecule has 0 amide bonds. The summed E-state index contributed by atoms with van der Waals surface area (Å²) >= 11 is 0. The molecular formula is C17H27NO3. The Morgan fingerprint density at radius 2 is 2.10 bits per heavy atom. The quantitative estimate of drug-likeness (QED) is 0.811. The predicted molar refractivity (Wildman–Crippen MR) is 83.8 cm³/mol. The smallest absolute Gasteiger partial charge is 0.161 e. The highest BCUT2D eigenvalue weighted by Crippen LogP contribution is 2.30. The van der Waals surface area contributed by atoms with Crippen LogP contribution in [0.1, 0.15) is 38.7 Å². The summed E-state index contributed by atoms with van der Waals surface area (Å²) in [7, 11) is 1.67. The van der Waals surface area contributed by atoms with Crippen LogP contribution in [0, 0.1) is 5.92 Å². The number of ether oxygens (including phenoxy) is 2. The summed E-state index contributed by atoms with van der Waals surface area (Å²) in [5, 5.41) is 12.9. The van der Waals surface area contributed by atoms with Gasteiger partial charge >= 0.3 is 0 Å². The molecule has 0 aliphatic heterocycles. The second-order valence-corrected chi connectivity index (χ2v) is 6.01. The van der Waals surface area contributed by atoms with Crippen molar-refractivity contribution in [2.24, 2.45) is 5.92 Å². The number of aliphatic hydroxyl groups is 1. The van der Waals surface area contributed by atoms with Gasteiger partial charge < -0.3 is 19.9 Å². The Morgan fingerprint density at radius 3 is 2.76 bits per heavy atom. The van der Waals surface area contributed by atoms with Gasteiger partial charge in [-0.1, -0.05) is 12.5 Å². The lowest BCUT2D eigenvalue weighted by Gasteiger charge is -2.20. The van der Waals surface area contributed by atoms with E-state index >= 15 is 0 Å². The van der Waals surface area contributed by atoms with Crippen molar-refractivity contribution in [3.63, 3.8) is 0 Å². The zero-order chi connectivity index (χ0) is 15.2. The van der Waals surface area contributed by atoms with E-state index in [2.05, 4.69) is 11.4 Å². The lowest BCUT2D eigenvalue weighted by molar-refractivity contribution is 0.205. The van der Waals surface area contributed by atoms with E-state index in [0.29, 0.717) is 12.0 Å². The average molecular weight is 293 g/mol. The molecule has 1 fully saturated rings. The second-order valence-electron chi connectivity index (χ2n) is 6.01. The number of hydrogen-bond donors (Lipinski definition) is 2. The lowest BCUT2D eigenvalue weighted by atomic mass is 10.0. The van der Waals surface area contributed by atoms with Crippen LogP contribution in [-0.4, -0.2) is 31.0 Å². The highest BCUT2D eigenvalue weighted by Gasteiger charge is 2.25. The van der Waals surface area contributed by atoms with Crippen LogP contribution in [0.3, 0.4) is 0 Å². The molecule has 0 heterocycles. The van der Waals surface area contributed by atoms with Crippen molar-refractivity contribution in [1.82, 2.24) is 5.32 Å². The van der Waals surface area contributed by atoms with Gasteiger partial charge in [-0.05, 0) is 50.3 Å². The molecule has 4 nitrogen and oxygen atoms in total. The highest BCUT2D eigenvalue weighted by molar-refractivity contribution is 5.43. The summed E-state index contributed by atoms with van der Waals surface area (Å²) in [4.78, 5) is 0. The number of rotatable bonds is 7. The van der Waals surface area contributed by atoms with Gasteiger partial charge in [0, 0.05) is 19.2 Å². The summed E-state index contributed by atoms with van der Waals surface area (Å²) < 4.78 is 11.1. The topological polar surface area (TPSA) is 50.7 Å². The van der Waals surface area contributed by atoms with Crippen LogP contribution in [-0.2, 0) is 6.54 Å². The first-order chi connectivity index (χ1) is 10.1. The summed E-state index contributed by atoms with van der Waals surface area (Å²) in [6, 6.07) is 6.48. The Morgan fingerprint density at radius 1 is 1.29 bits per heavy atom. The number of benzene rings is 1. The Bertz CT molecular complexity index is 448. The van der Waals surface area contributed by atoms with Crippen molar-refractivity contribution in [2.75, 3.05) is 13.7 Å². The standard InChI is InChI=1S/C17H27NO3/c1-12(2)21-16-8-7-13(9-17(16)20-3)10-18-15-6-4-5-14(15)11-19/h7-9,12,14-15,18-19H,4-6,10-11H2,1-3H3. The van der Waals surface area contributed by atoms with E-state index < -0.39 is 0 Å². The average Bonchev–Trinajstić information content (AvgIpc) is 2.93. The Labute approximate surface area is 127 Å². The zero-order valence-electron chi connectivity index (χ0n) is 13.3. The molecule has 1 saturated carbocycles. The molecule has 2 atom stereocenters. The van der Waals surface area contributed by atoms with Crippen molar-refractivity contribution in [2.45, 2.75) is 51.8 Å². The molecule has 0 bridgehead atoms. The molecule has 0 spiro atoms. The molecule has 1 aromatic carbocycles. The number of methoxy groups -OCH3 is 1. The lowest BCUT2D eigenvalue weighted by Crippen LogP contribution is -2.33. The molecule has 0 saturated heterocycles. The van der Waals surface area contributed by atoms with E-state index in [4.69, 9.17) is 9.47 Å². The first-order valence-electron chi connectivity index (χ1n) is 7.82. The predicted octanol–water partition coefficient (Wildman–Crippen LogP) is 2.73. The van der Waals surface area contributed by atoms with Gasteiger partial charge in [0.1, 0.15) is 0 Å². The molecule has 21 heavy (non-hydrogen) atoms. The van der Waals surface area contributed by atoms with Crippen LogP contribution in [0.5, 0.6) is 11.5 Å². The molecule has 2 rings (SSSR count). The van der Waals surface area contributed by atoms with Crippen LogP contribution in [0.25, 0.3) is 0 Å². The van der Waals surface area contributed by atoms with Crippen LogP contribution < -0.4 is 14.8 Å². The molecule has 2 unspecified atom stereocenters. The monoisotopic (exact) mass is 293 g/mol. The minimum absolute atomic E-state index is 0.131. The van der Waals surface area contributed by atoms with E-state index in [1.165, 1.54) is 12.0 Å². The normalized spacial score (nSPS) is 21.8. The molecule has 2 N–H and O–H groups in total. The van der Waals surface area contributed by atoms with Gasteiger partial charge in [-0.15, -0.1) is 0 Å².